The van der Waals surface area contributed by atoms with Gasteiger partial charge in [-0.25, -0.2) is 9.59 Å². The first-order valence-corrected chi connectivity index (χ1v) is 7.61. The number of nitrogens with zero attached hydrogens (tertiary/aromatic N) is 1. The van der Waals surface area contributed by atoms with E-state index in [2.05, 4.69) is 0 Å². The molecule has 5 heteroatoms. The van der Waals surface area contributed by atoms with E-state index in [9.17, 15) is 9.59 Å². The molecular weight excluding hydrogens is 294 g/mol. The number of ether oxygens (including phenoxy) is 1. The van der Waals surface area contributed by atoms with Gasteiger partial charge in [-0.05, 0) is 26.3 Å². The van der Waals surface area contributed by atoms with Crippen molar-refractivity contribution >= 4 is 11.7 Å². The summed E-state index contributed by atoms with van der Waals surface area (Å²) in [4.78, 5) is 26.5. The molecule has 23 heavy (non-hydrogen) atoms. The number of rotatable bonds is 5. The van der Waals surface area contributed by atoms with Gasteiger partial charge in [0.15, 0.2) is 0 Å². The molecule has 0 atom stereocenters. The van der Waals surface area contributed by atoms with Gasteiger partial charge in [-0.1, -0.05) is 30.3 Å². The molecule has 0 aliphatic heterocycles. The number of esters is 1. The summed E-state index contributed by atoms with van der Waals surface area (Å²) in [6, 6.07) is 9.33. The second kappa shape index (κ2) is 7.13. The van der Waals surface area contributed by atoms with Crippen LogP contribution in [0.25, 0.3) is 11.1 Å². The Kier molecular flexibility index (Phi) is 5.21. The van der Waals surface area contributed by atoms with Gasteiger partial charge in [0, 0.05) is 18.7 Å². The normalized spacial score (nSPS) is 10.4. The second-order valence-electron chi connectivity index (χ2n) is 5.10. The van der Waals surface area contributed by atoms with Gasteiger partial charge in [0.2, 0.25) is 5.76 Å². The Morgan fingerprint density at radius 2 is 1.78 bits per heavy atom. The average Bonchev–Trinajstić information content (AvgIpc) is 2.58. The minimum Gasteiger partial charge on any atom is -0.463 e. The van der Waals surface area contributed by atoms with Crippen molar-refractivity contribution in [3.8, 4) is 11.1 Å². The molecule has 0 aliphatic rings. The highest BCUT2D eigenvalue weighted by atomic mass is 16.5. The van der Waals surface area contributed by atoms with Gasteiger partial charge in [0.05, 0.1) is 18.4 Å². The lowest BCUT2D eigenvalue weighted by molar-refractivity contribution is 0.0558. The summed E-state index contributed by atoms with van der Waals surface area (Å²) in [5.74, 6) is -0.688. The summed E-state index contributed by atoms with van der Waals surface area (Å²) < 4.78 is 10.00. The minimum atomic E-state index is -0.646. The lowest BCUT2D eigenvalue weighted by atomic mass is 10.0. The molecule has 122 valence electrons. The van der Waals surface area contributed by atoms with Crippen LogP contribution in [0.2, 0.25) is 0 Å². The predicted molar refractivity (Wildman–Crippen MR) is 90.1 cm³/mol. The molecule has 0 fully saturated rings. The minimum absolute atomic E-state index is 0.0425. The van der Waals surface area contributed by atoms with Gasteiger partial charge in [-0.15, -0.1) is 0 Å². The number of anilines is 1. The van der Waals surface area contributed by atoms with Crippen LogP contribution >= 0.6 is 0 Å². The van der Waals surface area contributed by atoms with Crippen molar-refractivity contribution in [2.75, 3.05) is 25.1 Å². The molecule has 0 unspecified atom stereocenters. The molecule has 1 aromatic carbocycles. The van der Waals surface area contributed by atoms with Crippen LogP contribution in [0.3, 0.4) is 0 Å². The Labute approximate surface area is 135 Å². The molecule has 0 spiro atoms. The molecule has 0 saturated carbocycles. The molecule has 0 saturated heterocycles. The number of carbonyl (C=O) groups excluding carboxylic acids is 1. The third-order valence-corrected chi connectivity index (χ3v) is 3.84. The van der Waals surface area contributed by atoms with E-state index in [1.165, 1.54) is 7.11 Å². The summed E-state index contributed by atoms with van der Waals surface area (Å²) in [6.45, 7) is 7.20. The third-order valence-electron chi connectivity index (χ3n) is 3.84. The maximum atomic E-state index is 12.6. The number of hydrogen-bond donors (Lipinski definition) is 0. The molecule has 0 N–H and O–H groups in total. The Balaban J connectivity index is 2.83. The highest BCUT2D eigenvalue weighted by Gasteiger charge is 2.25. The summed E-state index contributed by atoms with van der Waals surface area (Å²) in [5, 5.41) is 0. The van der Waals surface area contributed by atoms with Gasteiger partial charge in [0.25, 0.3) is 0 Å². The topological polar surface area (TPSA) is 59.8 Å². The van der Waals surface area contributed by atoms with E-state index in [4.69, 9.17) is 9.15 Å². The lowest BCUT2D eigenvalue weighted by Gasteiger charge is -2.26. The standard InChI is InChI=1S/C18H21NO4/c1-5-19(6-2)15-12(3)16(18(21)22-4)23-17(20)14(15)13-10-8-7-9-11-13/h7-11H,5-6H2,1-4H3. The highest BCUT2D eigenvalue weighted by Crippen LogP contribution is 2.33. The van der Waals surface area contributed by atoms with Crippen molar-refractivity contribution < 1.29 is 13.9 Å². The van der Waals surface area contributed by atoms with Crippen LogP contribution in [0.1, 0.15) is 30.0 Å². The number of methoxy groups -OCH3 is 1. The Morgan fingerprint density at radius 3 is 2.30 bits per heavy atom. The smallest absolute Gasteiger partial charge is 0.374 e. The maximum Gasteiger partial charge on any atom is 0.374 e. The van der Waals surface area contributed by atoms with E-state index in [-0.39, 0.29) is 5.76 Å². The van der Waals surface area contributed by atoms with Gasteiger partial charge >= 0.3 is 11.6 Å². The summed E-state index contributed by atoms with van der Waals surface area (Å²) in [5.41, 5.74) is 2.03. The predicted octanol–water partition coefficient (Wildman–Crippen LogP) is 3.25. The maximum absolute atomic E-state index is 12.6. The average molecular weight is 315 g/mol. The van der Waals surface area contributed by atoms with Crippen LogP contribution in [-0.2, 0) is 4.74 Å². The molecule has 0 aliphatic carbocycles. The zero-order valence-corrected chi connectivity index (χ0v) is 13.9. The number of hydrogen-bond acceptors (Lipinski definition) is 5. The molecule has 0 radical (unpaired) electrons. The van der Waals surface area contributed by atoms with Crippen LogP contribution in [0.4, 0.5) is 5.69 Å². The fourth-order valence-corrected chi connectivity index (χ4v) is 2.69. The van der Waals surface area contributed by atoms with Crippen molar-refractivity contribution in [1.82, 2.24) is 0 Å². The molecule has 1 aromatic heterocycles. The van der Waals surface area contributed by atoms with Crippen molar-refractivity contribution in [2.45, 2.75) is 20.8 Å². The Bertz CT molecular complexity index is 746. The molecule has 5 nitrogen and oxygen atoms in total. The largest absolute Gasteiger partial charge is 0.463 e. The summed E-state index contributed by atoms with van der Waals surface area (Å²) >= 11 is 0. The fourth-order valence-electron chi connectivity index (χ4n) is 2.69. The first kappa shape index (κ1) is 16.8. The molecule has 0 amide bonds. The van der Waals surface area contributed by atoms with Crippen molar-refractivity contribution in [3.63, 3.8) is 0 Å². The van der Waals surface area contributed by atoms with Gasteiger partial charge < -0.3 is 14.1 Å². The summed E-state index contributed by atoms with van der Waals surface area (Å²) in [7, 11) is 1.27. The van der Waals surface area contributed by atoms with E-state index in [0.29, 0.717) is 24.2 Å². The van der Waals surface area contributed by atoms with Crippen molar-refractivity contribution in [1.29, 1.82) is 0 Å². The van der Waals surface area contributed by atoms with Crippen molar-refractivity contribution in [2.24, 2.45) is 0 Å². The van der Waals surface area contributed by atoms with Crippen LogP contribution in [-0.4, -0.2) is 26.2 Å². The quantitative estimate of drug-likeness (QED) is 0.793. The molecule has 1 heterocycles. The van der Waals surface area contributed by atoms with E-state index < -0.39 is 11.6 Å². The van der Waals surface area contributed by atoms with Gasteiger partial charge in [-0.3, -0.25) is 0 Å². The molecule has 2 rings (SSSR count). The third kappa shape index (κ3) is 3.13. The highest BCUT2D eigenvalue weighted by molar-refractivity contribution is 5.92. The Hall–Kier alpha value is -2.56. The van der Waals surface area contributed by atoms with Gasteiger partial charge in [-0.2, -0.15) is 0 Å². The Morgan fingerprint density at radius 1 is 1.17 bits per heavy atom. The van der Waals surface area contributed by atoms with E-state index in [0.717, 1.165) is 11.3 Å². The zero-order valence-electron chi connectivity index (χ0n) is 13.9. The van der Waals surface area contributed by atoms with E-state index in [1.54, 1.807) is 6.92 Å². The zero-order chi connectivity index (χ0) is 17.0. The first-order valence-electron chi connectivity index (χ1n) is 7.61. The van der Waals surface area contributed by atoms with Crippen LogP contribution in [0.5, 0.6) is 0 Å². The first-order chi connectivity index (χ1) is 11.0. The molecule has 0 bridgehead atoms. The molecular formula is C18H21NO4. The van der Waals surface area contributed by atoms with Crippen LogP contribution in [0, 0.1) is 6.92 Å². The number of benzene rings is 1. The van der Waals surface area contributed by atoms with Crippen LogP contribution in [0.15, 0.2) is 39.5 Å². The van der Waals surface area contributed by atoms with E-state index in [1.807, 2.05) is 49.1 Å². The van der Waals surface area contributed by atoms with Crippen molar-refractivity contribution in [3.05, 3.63) is 52.1 Å². The van der Waals surface area contributed by atoms with Gasteiger partial charge in [0.1, 0.15) is 0 Å². The van der Waals surface area contributed by atoms with Crippen LogP contribution < -0.4 is 10.5 Å². The summed E-state index contributed by atoms with van der Waals surface area (Å²) in [6.07, 6.45) is 0. The SMILES string of the molecule is CCN(CC)c1c(C)c(C(=O)OC)oc(=O)c1-c1ccccc1. The molecule has 2 aromatic rings. The lowest BCUT2D eigenvalue weighted by Crippen LogP contribution is -2.27. The monoisotopic (exact) mass is 315 g/mol. The second-order valence-corrected chi connectivity index (χ2v) is 5.10. The fraction of sp³-hybridized carbons (Fsp3) is 0.333. The van der Waals surface area contributed by atoms with E-state index >= 15 is 0 Å². The number of carbonyl (C=O) groups is 1.